The first kappa shape index (κ1) is 10.0. The molecule has 1 aliphatic rings. The van der Waals surface area contributed by atoms with Crippen LogP contribution in [0.15, 0.2) is 0 Å². The predicted octanol–water partition coefficient (Wildman–Crippen LogP) is 3.24. The molecule has 1 aliphatic carbocycles. The Balaban J connectivity index is 2.37. The molecular formula is C11H22O. The van der Waals surface area contributed by atoms with Crippen molar-refractivity contribution in [2.45, 2.75) is 59.2 Å². The monoisotopic (exact) mass is 170 g/mol. The van der Waals surface area contributed by atoms with Gasteiger partial charge >= 0.3 is 0 Å². The molecule has 1 atom stereocenters. The molecule has 1 fully saturated rings. The van der Waals surface area contributed by atoms with E-state index in [1.165, 1.54) is 19.3 Å². The number of hydrogen-bond acceptors (Lipinski definition) is 1. The predicted molar refractivity (Wildman–Crippen MR) is 52.2 cm³/mol. The van der Waals surface area contributed by atoms with Gasteiger partial charge in [-0.2, -0.15) is 0 Å². The lowest BCUT2D eigenvalue weighted by Crippen LogP contribution is -2.35. The van der Waals surface area contributed by atoms with Gasteiger partial charge in [0.2, 0.25) is 0 Å². The van der Waals surface area contributed by atoms with E-state index in [9.17, 15) is 0 Å². The van der Waals surface area contributed by atoms with Crippen molar-refractivity contribution in [3.05, 3.63) is 0 Å². The third kappa shape index (κ3) is 2.48. The summed E-state index contributed by atoms with van der Waals surface area (Å²) in [5.41, 5.74) is 0. The van der Waals surface area contributed by atoms with Gasteiger partial charge in [0.1, 0.15) is 0 Å². The molecule has 0 bridgehead atoms. The van der Waals surface area contributed by atoms with E-state index < -0.39 is 0 Å². The van der Waals surface area contributed by atoms with Gasteiger partial charge in [0.05, 0.1) is 12.2 Å². The van der Waals surface area contributed by atoms with Gasteiger partial charge in [0, 0.05) is 0 Å². The maximum Gasteiger partial charge on any atom is 0.0629 e. The molecule has 0 amide bonds. The van der Waals surface area contributed by atoms with Crippen molar-refractivity contribution in [3.63, 3.8) is 0 Å². The van der Waals surface area contributed by atoms with Crippen molar-refractivity contribution < 1.29 is 4.74 Å². The zero-order valence-electron chi connectivity index (χ0n) is 8.84. The van der Waals surface area contributed by atoms with E-state index >= 15 is 0 Å². The fraction of sp³-hybridized carbons (Fsp3) is 1.00. The van der Waals surface area contributed by atoms with Gasteiger partial charge in [-0.1, -0.05) is 20.3 Å². The molecule has 1 saturated carbocycles. The minimum absolute atomic E-state index is 0.387. The van der Waals surface area contributed by atoms with Crippen LogP contribution in [0, 0.1) is 11.8 Å². The van der Waals surface area contributed by atoms with E-state index in [1.807, 2.05) is 0 Å². The van der Waals surface area contributed by atoms with Crippen molar-refractivity contribution in [2.75, 3.05) is 0 Å². The molecule has 0 heterocycles. The number of hydrogen-bond donors (Lipinski definition) is 0. The highest BCUT2D eigenvalue weighted by atomic mass is 16.5. The van der Waals surface area contributed by atoms with E-state index in [0.717, 1.165) is 5.92 Å². The first-order valence-corrected chi connectivity index (χ1v) is 5.26. The fourth-order valence-electron chi connectivity index (χ4n) is 1.90. The third-order valence-corrected chi connectivity index (χ3v) is 2.70. The lowest BCUT2D eigenvalue weighted by Gasteiger charge is -2.37. The zero-order valence-corrected chi connectivity index (χ0v) is 8.84. The van der Waals surface area contributed by atoms with Gasteiger partial charge in [0.25, 0.3) is 0 Å². The third-order valence-electron chi connectivity index (χ3n) is 2.70. The molecule has 0 aromatic heterocycles. The summed E-state index contributed by atoms with van der Waals surface area (Å²) in [4.78, 5) is 0. The van der Waals surface area contributed by atoms with Gasteiger partial charge in [-0.05, 0) is 38.5 Å². The van der Waals surface area contributed by atoms with E-state index in [-0.39, 0.29) is 0 Å². The van der Waals surface area contributed by atoms with Crippen LogP contribution in [0.1, 0.15) is 47.0 Å². The topological polar surface area (TPSA) is 9.23 Å². The van der Waals surface area contributed by atoms with Crippen molar-refractivity contribution in [1.82, 2.24) is 0 Å². The second-order valence-electron chi connectivity index (χ2n) is 4.58. The van der Waals surface area contributed by atoms with Crippen LogP contribution in [0.2, 0.25) is 0 Å². The summed E-state index contributed by atoms with van der Waals surface area (Å²) in [6.45, 7) is 8.80. The van der Waals surface area contributed by atoms with Gasteiger partial charge in [0.15, 0.2) is 0 Å². The zero-order chi connectivity index (χ0) is 9.14. The van der Waals surface area contributed by atoms with Crippen LogP contribution in [0.25, 0.3) is 0 Å². The van der Waals surface area contributed by atoms with Crippen molar-refractivity contribution in [3.8, 4) is 0 Å². The first-order valence-electron chi connectivity index (χ1n) is 5.26. The van der Waals surface area contributed by atoms with Crippen molar-refractivity contribution in [1.29, 1.82) is 0 Å². The highest BCUT2D eigenvalue weighted by molar-refractivity contribution is 4.80. The van der Waals surface area contributed by atoms with Gasteiger partial charge in [-0.3, -0.25) is 0 Å². The Morgan fingerprint density at radius 3 is 1.92 bits per heavy atom. The van der Waals surface area contributed by atoms with Gasteiger partial charge < -0.3 is 4.74 Å². The molecule has 0 N–H and O–H groups in total. The van der Waals surface area contributed by atoms with Crippen LogP contribution < -0.4 is 0 Å². The molecule has 12 heavy (non-hydrogen) atoms. The number of rotatable bonds is 4. The van der Waals surface area contributed by atoms with Crippen molar-refractivity contribution >= 4 is 0 Å². The first-order chi connectivity index (χ1) is 5.61. The summed E-state index contributed by atoms with van der Waals surface area (Å²) in [5.74, 6) is 1.53. The maximum atomic E-state index is 5.92. The SMILES string of the molecule is CC(C)O[C@@H](C(C)C)C1CCC1. The Hall–Kier alpha value is -0.0400. The Bertz CT molecular complexity index is 125. The Morgan fingerprint density at radius 2 is 1.67 bits per heavy atom. The summed E-state index contributed by atoms with van der Waals surface area (Å²) >= 11 is 0. The molecule has 0 saturated heterocycles. The molecule has 0 unspecified atom stereocenters. The molecule has 0 aromatic carbocycles. The molecule has 1 heteroatoms. The Morgan fingerprint density at radius 1 is 1.08 bits per heavy atom. The second kappa shape index (κ2) is 4.27. The van der Waals surface area contributed by atoms with Crippen LogP contribution in [0.4, 0.5) is 0 Å². The lowest BCUT2D eigenvalue weighted by atomic mass is 9.77. The molecular weight excluding hydrogens is 148 g/mol. The average Bonchev–Trinajstić information content (AvgIpc) is 1.80. The van der Waals surface area contributed by atoms with Crippen LogP contribution in [0.3, 0.4) is 0 Å². The van der Waals surface area contributed by atoms with Gasteiger partial charge in [-0.25, -0.2) is 0 Å². The quantitative estimate of drug-likeness (QED) is 0.629. The van der Waals surface area contributed by atoms with Crippen LogP contribution in [-0.2, 0) is 4.74 Å². The van der Waals surface area contributed by atoms with Crippen LogP contribution in [-0.4, -0.2) is 12.2 Å². The standard InChI is InChI=1S/C11H22O/c1-8(2)11(12-9(3)4)10-6-5-7-10/h8-11H,5-7H2,1-4H3/t11-/m0/s1. The number of ether oxygens (including phenoxy) is 1. The Kier molecular flexibility index (Phi) is 3.57. The molecule has 0 spiro atoms. The minimum atomic E-state index is 0.387. The van der Waals surface area contributed by atoms with E-state index in [4.69, 9.17) is 4.74 Å². The molecule has 0 radical (unpaired) electrons. The molecule has 0 aliphatic heterocycles. The summed E-state index contributed by atoms with van der Waals surface area (Å²) in [5, 5.41) is 0. The molecule has 72 valence electrons. The Labute approximate surface area is 76.5 Å². The molecule has 1 rings (SSSR count). The van der Waals surface area contributed by atoms with Gasteiger partial charge in [-0.15, -0.1) is 0 Å². The van der Waals surface area contributed by atoms with E-state index in [2.05, 4.69) is 27.7 Å². The van der Waals surface area contributed by atoms with E-state index in [1.54, 1.807) is 0 Å². The summed E-state index contributed by atoms with van der Waals surface area (Å²) in [6, 6.07) is 0. The lowest BCUT2D eigenvalue weighted by molar-refractivity contribution is -0.0710. The average molecular weight is 170 g/mol. The smallest absolute Gasteiger partial charge is 0.0629 e. The molecule has 0 aromatic rings. The maximum absolute atomic E-state index is 5.92. The van der Waals surface area contributed by atoms with E-state index in [0.29, 0.717) is 18.1 Å². The highest BCUT2D eigenvalue weighted by Gasteiger charge is 2.30. The second-order valence-corrected chi connectivity index (χ2v) is 4.58. The normalized spacial score (nSPS) is 21.5. The minimum Gasteiger partial charge on any atom is -0.375 e. The summed E-state index contributed by atoms with van der Waals surface area (Å²) in [6.07, 6.45) is 5.08. The summed E-state index contributed by atoms with van der Waals surface area (Å²) in [7, 11) is 0. The largest absolute Gasteiger partial charge is 0.375 e. The summed E-state index contributed by atoms with van der Waals surface area (Å²) < 4.78 is 5.92. The van der Waals surface area contributed by atoms with Crippen molar-refractivity contribution in [2.24, 2.45) is 11.8 Å². The molecule has 1 nitrogen and oxygen atoms in total. The fourth-order valence-corrected chi connectivity index (χ4v) is 1.90. The highest BCUT2D eigenvalue weighted by Crippen LogP contribution is 2.34. The van der Waals surface area contributed by atoms with Crippen LogP contribution >= 0.6 is 0 Å². The van der Waals surface area contributed by atoms with Crippen LogP contribution in [0.5, 0.6) is 0 Å².